The molecule has 0 saturated carbocycles. The van der Waals surface area contributed by atoms with E-state index in [9.17, 15) is 13.6 Å². The van der Waals surface area contributed by atoms with Crippen LogP contribution in [0.3, 0.4) is 0 Å². The molecule has 0 atom stereocenters. The van der Waals surface area contributed by atoms with Crippen LogP contribution in [0.5, 0.6) is 0 Å². The highest BCUT2D eigenvalue weighted by Gasteiger charge is 2.15. The van der Waals surface area contributed by atoms with Gasteiger partial charge in [-0.25, -0.2) is 8.78 Å². The van der Waals surface area contributed by atoms with Crippen LogP contribution >= 0.6 is 0 Å². The Hall–Kier alpha value is -2.43. The van der Waals surface area contributed by atoms with Gasteiger partial charge in [-0.1, -0.05) is 12.1 Å². The first-order valence-corrected chi connectivity index (χ1v) is 8.71. The van der Waals surface area contributed by atoms with Crippen molar-refractivity contribution in [3.63, 3.8) is 0 Å². The average molecular weight is 344 g/mol. The van der Waals surface area contributed by atoms with Gasteiger partial charge < -0.3 is 10.2 Å². The third-order valence-corrected chi connectivity index (χ3v) is 4.50. The van der Waals surface area contributed by atoms with Crippen LogP contribution in [0.15, 0.2) is 42.5 Å². The number of amides is 1. The summed E-state index contributed by atoms with van der Waals surface area (Å²) in [7, 11) is 0. The number of para-hydroxylation sites is 2. The number of nitrogens with one attached hydrogen (secondary N) is 1. The summed E-state index contributed by atoms with van der Waals surface area (Å²) in [5, 5.41) is 2.92. The number of hydrogen-bond donors (Lipinski definition) is 1. The van der Waals surface area contributed by atoms with Gasteiger partial charge in [0, 0.05) is 19.5 Å². The normalized spacial score (nSPS) is 14.4. The maximum atomic E-state index is 13.6. The number of benzene rings is 2. The van der Waals surface area contributed by atoms with Crippen molar-refractivity contribution in [2.24, 2.45) is 0 Å². The molecule has 1 N–H and O–H groups in total. The molecule has 25 heavy (non-hydrogen) atoms. The molecular formula is C20H22F2N2O. The van der Waals surface area contributed by atoms with E-state index < -0.39 is 11.6 Å². The summed E-state index contributed by atoms with van der Waals surface area (Å²) in [4.78, 5) is 14.6. The van der Waals surface area contributed by atoms with Crippen LogP contribution in [-0.2, 0) is 11.2 Å². The highest BCUT2D eigenvalue weighted by Crippen LogP contribution is 2.28. The number of hydrogen-bond acceptors (Lipinski definition) is 2. The van der Waals surface area contributed by atoms with Gasteiger partial charge in [-0.3, -0.25) is 4.79 Å². The van der Waals surface area contributed by atoms with Crippen LogP contribution in [0.25, 0.3) is 0 Å². The van der Waals surface area contributed by atoms with Gasteiger partial charge >= 0.3 is 0 Å². The Morgan fingerprint density at radius 2 is 1.80 bits per heavy atom. The van der Waals surface area contributed by atoms with Gasteiger partial charge in [0.1, 0.15) is 11.6 Å². The van der Waals surface area contributed by atoms with Crippen LogP contribution < -0.4 is 10.2 Å². The predicted octanol–water partition coefficient (Wildman–Crippen LogP) is 4.53. The number of aryl methyl sites for hydroxylation is 1. The summed E-state index contributed by atoms with van der Waals surface area (Å²) >= 11 is 0. The zero-order valence-electron chi connectivity index (χ0n) is 14.1. The quantitative estimate of drug-likeness (QED) is 0.864. The summed E-state index contributed by atoms with van der Waals surface area (Å²) in [6, 6.07) is 11.0. The highest BCUT2D eigenvalue weighted by molar-refractivity contribution is 5.94. The molecule has 1 aliphatic rings. The molecule has 0 bridgehead atoms. The van der Waals surface area contributed by atoms with Crippen LogP contribution in [0.4, 0.5) is 20.2 Å². The van der Waals surface area contributed by atoms with Crippen LogP contribution in [0.1, 0.15) is 31.2 Å². The smallest absolute Gasteiger partial charge is 0.224 e. The van der Waals surface area contributed by atoms with Gasteiger partial charge in [0.25, 0.3) is 0 Å². The van der Waals surface area contributed by atoms with Crippen molar-refractivity contribution in [2.75, 3.05) is 23.3 Å². The van der Waals surface area contributed by atoms with E-state index in [0.29, 0.717) is 0 Å². The minimum absolute atomic E-state index is 0.106. The van der Waals surface area contributed by atoms with Crippen molar-refractivity contribution in [3.05, 3.63) is 59.7 Å². The first-order valence-electron chi connectivity index (χ1n) is 8.71. The van der Waals surface area contributed by atoms with Crippen LogP contribution in [-0.4, -0.2) is 19.0 Å². The van der Waals surface area contributed by atoms with Crippen LogP contribution in [0, 0.1) is 11.6 Å². The van der Waals surface area contributed by atoms with E-state index in [-0.39, 0.29) is 24.3 Å². The van der Waals surface area contributed by atoms with Gasteiger partial charge in [0.15, 0.2) is 0 Å². The molecule has 0 aliphatic carbocycles. The zero-order chi connectivity index (χ0) is 17.6. The molecule has 132 valence electrons. The predicted molar refractivity (Wildman–Crippen MR) is 95.8 cm³/mol. The lowest BCUT2D eigenvalue weighted by molar-refractivity contribution is -0.116. The molecule has 2 aromatic rings. The standard InChI is InChI=1S/C20H22F2N2O/c21-16-9-10-17(22)15(14-16)8-11-20(25)23-18-6-2-3-7-19(18)24-12-4-1-5-13-24/h2-3,6-7,9-10,14H,1,4-5,8,11-13H2,(H,23,25). The summed E-state index contributed by atoms with van der Waals surface area (Å²) in [6.45, 7) is 1.97. The number of piperidine rings is 1. The maximum absolute atomic E-state index is 13.6. The minimum atomic E-state index is -0.493. The Labute approximate surface area is 146 Å². The van der Waals surface area contributed by atoms with E-state index in [1.165, 1.54) is 6.42 Å². The van der Waals surface area contributed by atoms with Crippen molar-refractivity contribution >= 4 is 17.3 Å². The minimum Gasteiger partial charge on any atom is -0.370 e. The van der Waals surface area contributed by atoms with Crippen LogP contribution in [0.2, 0.25) is 0 Å². The first kappa shape index (κ1) is 17.4. The SMILES string of the molecule is O=C(CCc1cc(F)ccc1F)Nc1ccccc1N1CCCCC1. The second-order valence-corrected chi connectivity index (χ2v) is 6.35. The van der Waals surface area contributed by atoms with E-state index in [1.54, 1.807) is 0 Å². The fourth-order valence-corrected chi connectivity index (χ4v) is 3.19. The van der Waals surface area contributed by atoms with Crippen molar-refractivity contribution in [2.45, 2.75) is 32.1 Å². The molecule has 0 spiro atoms. The Morgan fingerprint density at radius 3 is 2.60 bits per heavy atom. The van der Waals surface area contributed by atoms with E-state index >= 15 is 0 Å². The second kappa shape index (κ2) is 8.10. The number of carbonyl (C=O) groups is 1. The fourth-order valence-electron chi connectivity index (χ4n) is 3.19. The Bertz CT molecular complexity index is 742. The number of carbonyl (C=O) groups excluding carboxylic acids is 1. The van der Waals surface area contributed by atoms with Gasteiger partial charge in [-0.2, -0.15) is 0 Å². The Kier molecular flexibility index (Phi) is 5.64. The number of halogens is 2. The number of rotatable bonds is 5. The molecule has 0 unspecified atom stereocenters. The molecule has 1 amide bonds. The lowest BCUT2D eigenvalue weighted by Crippen LogP contribution is -2.30. The van der Waals surface area contributed by atoms with E-state index in [0.717, 1.165) is 55.5 Å². The molecular weight excluding hydrogens is 322 g/mol. The lowest BCUT2D eigenvalue weighted by atomic mass is 10.1. The number of anilines is 2. The fraction of sp³-hybridized carbons (Fsp3) is 0.350. The molecule has 1 saturated heterocycles. The van der Waals surface area contributed by atoms with Gasteiger partial charge in [0.2, 0.25) is 5.91 Å². The van der Waals surface area contributed by atoms with Crippen molar-refractivity contribution in [1.29, 1.82) is 0 Å². The van der Waals surface area contributed by atoms with E-state index in [4.69, 9.17) is 0 Å². The topological polar surface area (TPSA) is 32.3 Å². The zero-order valence-corrected chi connectivity index (χ0v) is 14.1. The molecule has 5 heteroatoms. The molecule has 1 aliphatic heterocycles. The molecule has 0 radical (unpaired) electrons. The average Bonchev–Trinajstić information content (AvgIpc) is 2.64. The maximum Gasteiger partial charge on any atom is 0.224 e. The monoisotopic (exact) mass is 344 g/mol. The Balaban J connectivity index is 1.64. The number of nitrogens with zero attached hydrogens (tertiary/aromatic N) is 1. The molecule has 2 aromatic carbocycles. The molecule has 3 rings (SSSR count). The van der Waals surface area contributed by atoms with Gasteiger partial charge in [-0.05, 0) is 61.6 Å². The van der Waals surface area contributed by atoms with Gasteiger partial charge in [0.05, 0.1) is 11.4 Å². The van der Waals surface area contributed by atoms with Crippen molar-refractivity contribution in [1.82, 2.24) is 0 Å². The lowest BCUT2D eigenvalue weighted by Gasteiger charge is -2.30. The summed E-state index contributed by atoms with van der Waals surface area (Å²) in [5.41, 5.74) is 2.01. The summed E-state index contributed by atoms with van der Waals surface area (Å²) < 4.78 is 26.9. The highest BCUT2D eigenvalue weighted by atomic mass is 19.1. The molecule has 3 nitrogen and oxygen atoms in total. The Morgan fingerprint density at radius 1 is 1.04 bits per heavy atom. The first-order chi connectivity index (χ1) is 12.1. The third kappa shape index (κ3) is 4.56. The van der Waals surface area contributed by atoms with E-state index in [2.05, 4.69) is 10.2 Å². The van der Waals surface area contributed by atoms with Crippen molar-refractivity contribution < 1.29 is 13.6 Å². The second-order valence-electron chi connectivity index (χ2n) is 6.35. The molecule has 1 fully saturated rings. The van der Waals surface area contributed by atoms with Gasteiger partial charge in [-0.15, -0.1) is 0 Å². The summed E-state index contributed by atoms with van der Waals surface area (Å²) in [5.74, 6) is -1.18. The summed E-state index contributed by atoms with van der Waals surface area (Å²) in [6.07, 6.45) is 3.82. The third-order valence-electron chi connectivity index (χ3n) is 4.50. The molecule has 1 heterocycles. The van der Waals surface area contributed by atoms with Crippen molar-refractivity contribution in [3.8, 4) is 0 Å². The largest absolute Gasteiger partial charge is 0.370 e. The molecule has 0 aromatic heterocycles. The van der Waals surface area contributed by atoms with E-state index in [1.807, 2.05) is 24.3 Å².